The largest absolute Gasteiger partial charge is 0.347 e. The topological polar surface area (TPSA) is 169 Å². The molecule has 12 heteroatoms. The third-order valence-electron chi connectivity index (χ3n) is 8.98. The number of carbonyl (C=O) groups is 3. The SMILES string of the molecule is C[C@H](CC1(c2nnn[nH]2)c2ccc(C(=O)NC(C)(C)C)cc2CCc2cc(C(=O)NC(C)(C)C)ccc21)NCC(=O)N1CCCC1C#N. The van der Waals surface area contributed by atoms with Gasteiger partial charge in [-0.05, 0) is 138 Å². The van der Waals surface area contributed by atoms with Crippen LogP contribution in [0.25, 0.3) is 0 Å². The summed E-state index contributed by atoms with van der Waals surface area (Å²) >= 11 is 0. The van der Waals surface area contributed by atoms with E-state index in [1.54, 1.807) is 4.90 Å². The number of aryl methyl sites for hydroxylation is 2. The number of benzene rings is 2. The molecule has 0 saturated carbocycles. The standard InChI is InChI=1S/C36H47N9O3/c1-22(38-21-30(46)45-16-8-9-27(45)20-37)19-36(33-41-43-44-42-33)28-14-12-25(31(47)39-34(2,3)4)17-23(28)10-11-24-18-26(13-15-29(24)36)32(48)40-35(5,6)7/h12-15,17-18,22,27,38H,8-11,16,19,21H2,1-7H3,(H,39,47)(H,40,48)(H,41,42,43,44)/t22-,27?/m1/s1. The summed E-state index contributed by atoms with van der Waals surface area (Å²) in [6.45, 7) is 14.4. The fourth-order valence-corrected chi connectivity index (χ4v) is 6.96. The molecule has 3 aromatic rings. The average molecular weight is 654 g/mol. The number of H-pyrrole nitrogens is 1. The lowest BCUT2D eigenvalue weighted by molar-refractivity contribution is -0.130. The van der Waals surface area contributed by atoms with E-state index >= 15 is 0 Å². The van der Waals surface area contributed by atoms with Gasteiger partial charge in [-0.3, -0.25) is 14.4 Å². The van der Waals surface area contributed by atoms with Crippen LogP contribution >= 0.6 is 0 Å². The van der Waals surface area contributed by atoms with Crippen molar-refractivity contribution < 1.29 is 14.4 Å². The van der Waals surface area contributed by atoms with Gasteiger partial charge in [-0.15, -0.1) is 5.10 Å². The molecule has 254 valence electrons. The molecule has 48 heavy (non-hydrogen) atoms. The third-order valence-corrected chi connectivity index (χ3v) is 8.98. The van der Waals surface area contributed by atoms with E-state index in [-0.39, 0.29) is 30.3 Å². The lowest BCUT2D eigenvalue weighted by Crippen LogP contribution is -2.45. The van der Waals surface area contributed by atoms with Gasteiger partial charge in [0, 0.05) is 34.8 Å². The highest BCUT2D eigenvalue weighted by Crippen LogP contribution is 2.47. The van der Waals surface area contributed by atoms with E-state index in [0.29, 0.717) is 49.2 Å². The van der Waals surface area contributed by atoms with Crippen LogP contribution in [0.2, 0.25) is 0 Å². The number of aromatic amines is 1. The van der Waals surface area contributed by atoms with E-state index in [1.807, 2.05) is 84.9 Å². The van der Waals surface area contributed by atoms with Crippen molar-refractivity contribution >= 4 is 17.7 Å². The highest BCUT2D eigenvalue weighted by atomic mass is 16.2. The zero-order valence-electron chi connectivity index (χ0n) is 29.0. The maximum absolute atomic E-state index is 13.3. The Hall–Kier alpha value is -4.63. The van der Waals surface area contributed by atoms with Crippen molar-refractivity contribution in [1.29, 1.82) is 5.26 Å². The Morgan fingerprint density at radius 3 is 2.02 bits per heavy atom. The molecule has 0 spiro atoms. The Morgan fingerprint density at radius 1 is 0.979 bits per heavy atom. The fourth-order valence-electron chi connectivity index (χ4n) is 6.96. The van der Waals surface area contributed by atoms with Gasteiger partial charge < -0.3 is 20.9 Å². The second-order valence-corrected chi connectivity index (χ2v) is 15.2. The summed E-state index contributed by atoms with van der Waals surface area (Å²) in [4.78, 5) is 41.4. The van der Waals surface area contributed by atoms with Crippen molar-refractivity contribution in [2.24, 2.45) is 0 Å². The van der Waals surface area contributed by atoms with E-state index < -0.39 is 22.5 Å². The Balaban J connectivity index is 1.59. The van der Waals surface area contributed by atoms with Gasteiger partial charge in [-0.25, -0.2) is 5.10 Å². The number of nitrogens with one attached hydrogen (secondary N) is 4. The van der Waals surface area contributed by atoms with Gasteiger partial charge in [0.25, 0.3) is 11.8 Å². The Labute approximate surface area is 282 Å². The number of rotatable bonds is 8. The van der Waals surface area contributed by atoms with E-state index in [9.17, 15) is 19.6 Å². The maximum Gasteiger partial charge on any atom is 0.251 e. The second kappa shape index (κ2) is 13.5. The number of hydrogen-bond acceptors (Lipinski definition) is 8. The van der Waals surface area contributed by atoms with Crippen LogP contribution in [0, 0.1) is 11.3 Å². The fraction of sp³-hybridized carbons (Fsp3) is 0.528. The molecule has 1 unspecified atom stereocenters. The van der Waals surface area contributed by atoms with Crippen molar-refractivity contribution in [2.75, 3.05) is 13.1 Å². The molecule has 5 rings (SSSR count). The first-order valence-electron chi connectivity index (χ1n) is 16.7. The molecule has 2 aliphatic rings. The van der Waals surface area contributed by atoms with Gasteiger partial charge in [-0.2, -0.15) is 5.26 Å². The molecule has 1 fully saturated rings. The van der Waals surface area contributed by atoms with Gasteiger partial charge >= 0.3 is 0 Å². The molecule has 2 aromatic carbocycles. The van der Waals surface area contributed by atoms with Crippen LogP contribution in [0.3, 0.4) is 0 Å². The number of aromatic nitrogens is 4. The van der Waals surface area contributed by atoms with Gasteiger partial charge in [0.05, 0.1) is 18.0 Å². The van der Waals surface area contributed by atoms with Crippen molar-refractivity contribution in [3.63, 3.8) is 0 Å². The quantitative estimate of drug-likeness (QED) is 0.286. The van der Waals surface area contributed by atoms with Crippen LogP contribution in [0.4, 0.5) is 0 Å². The van der Waals surface area contributed by atoms with Crippen LogP contribution in [-0.4, -0.2) is 79.5 Å². The van der Waals surface area contributed by atoms with Gasteiger partial charge in [-0.1, -0.05) is 12.1 Å². The molecule has 2 heterocycles. The van der Waals surface area contributed by atoms with Crippen molar-refractivity contribution in [1.82, 2.24) is 41.5 Å². The van der Waals surface area contributed by atoms with E-state index in [2.05, 4.69) is 42.6 Å². The summed E-state index contributed by atoms with van der Waals surface area (Å²) in [5.41, 5.74) is 3.23. The number of nitriles is 1. The summed E-state index contributed by atoms with van der Waals surface area (Å²) in [6.07, 6.45) is 3.22. The molecule has 3 amide bonds. The Morgan fingerprint density at radius 2 is 1.54 bits per heavy atom. The zero-order valence-corrected chi connectivity index (χ0v) is 29.0. The summed E-state index contributed by atoms with van der Waals surface area (Å²) < 4.78 is 0. The summed E-state index contributed by atoms with van der Waals surface area (Å²) in [5.74, 6) is 0.0965. The van der Waals surface area contributed by atoms with Crippen molar-refractivity contribution in [2.45, 2.75) is 109 Å². The molecule has 1 saturated heterocycles. The number of amides is 3. The summed E-state index contributed by atoms with van der Waals surface area (Å²) in [5, 5.41) is 34.6. The van der Waals surface area contributed by atoms with Crippen LogP contribution in [0.15, 0.2) is 36.4 Å². The molecule has 1 aliphatic heterocycles. The highest BCUT2D eigenvalue weighted by Gasteiger charge is 2.45. The number of carbonyl (C=O) groups excluding carboxylic acids is 3. The van der Waals surface area contributed by atoms with E-state index in [1.165, 1.54) is 0 Å². The number of tetrazole rings is 1. The summed E-state index contributed by atoms with van der Waals surface area (Å²) in [6, 6.07) is 13.2. The minimum Gasteiger partial charge on any atom is -0.347 e. The van der Waals surface area contributed by atoms with Crippen LogP contribution in [0.1, 0.15) is 117 Å². The van der Waals surface area contributed by atoms with Crippen molar-refractivity contribution in [3.05, 3.63) is 75.6 Å². The number of hydrogen-bond donors (Lipinski definition) is 4. The minimum absolute atomic E-state index is 0.0849. The minimum atomic E-state index is -0.916. The maximum atomic E-state index is 13.3. The van der Waals surface area contributed by atoms with Gasteiger partial charge in [0.1, 0.15) is 6.04 Å². The molecular weight excluding hydrogens is 606 g/mol. The number of likely N-dealkylation sites (tertiary alicyclic amines) is 1. The Bertz CT molecular complexity index is 1630. The Kier molecular flexibility index (Phi) is 9.74. The molecule has 0 bridgehead atoms. The van der Waals surface area contributed by atoms with E-state index in [4.69, 9.17) is 0 Å². The third kappa shape index (κ3) is 7.41. The summed E-state index contributed by atoms with van der Waals surface area (Å²) in [7, 11) is 0. The molecule has 4 N–H and O–H groups in total. The van der Waals surface area contributed by atoms with Crippen molar-refractivity contribution in [3.8, 4) is 6.07 Å². The van der Waals surface area contributed by atoms with Crippen LogP contribution < -0.4 is 16.0 Å². The smallest absolute Gasteiger partial charge is 0.251 e. The molecule has 12 nitrogen and oxygen atoms in total. The molecule has 2 atom stereocenters. The van der Waals surface area contributed by atoms with Gasteiger partial charge in [0.15, 0.2) is 5.82 Å². The van der Waals surface area contributed by atoms with Gasteiger partial charge in [0.2, 0.25) is 5.91 Å². The predicted octanol–water partition coefficient (Wildman–Crippen LogP) is 3.57. The molecule has 0 radical (unpaired) electrons. The zero-order chi connectivity index (χ0) is 34.9. The lowest BCUT2D eigenvalue weighted by Gasteiger charge is -2.37. The first-order valence-corrected chi connectivity index (χ1v) is 16.7. The van der Waals surface area contributed by atoms with Crippen LogP contribution in [-0.2, 0) is 23.1 Å². The average Bonchev–Trinajstić information content (AvgIpc) is 3.71. The second-order valence-electron chi connectivity index (χ2n) is 15.2. The first kappa shape index (κ1) is 34.7. The monoisotopic (exact) mass is 653 g/mol. The molecular formula is C36H47N9O3. The molecule has 1 aromatic heterocycles. The van der Waals surface area contributed by atoms with E-state index in [0.717, 1.165) is 28.7 Å². The lowest BCUT2D eigenvalue weighted by atomic mass is 9.67. The van der Waals surface area contributed by atoms with Crippen LogP contribution in [0.5, 0.6) is 0 Å². The highest BCUT2D eigenvalue weighted by molar-refractivity contribution is 5.96. The number of nitrogens with zero attached hydrogens (tertiary/aromatic N) is 5. The normalized spacial score (nSPS) is 17.8. The predicted molar refractivity (Wildman–Crippen MR) is 181 cm³/mol. The number of fused-ring (bicyclic) bond motifs is 2. The first-order chi connectivity index (χ1) is 22.6. The molecule has 1 aliphatic carbocycles.